The van der Waals surface area contributed by atoms with Crippen LogP contribution in [-0.2, 0) is 4.74 Å². The van der Waals surface area contributed by atoms with Crippen molar-refractivity contribution in [2.45, 2.75) is 0 Å². The number of rotatable bonds is 0. The van der Waals surface area contributed by atoms with Gasteiger partial charge in [0.2, 0.25) is 0 Å². The van der Waals surface area contributed by atoms with Gasteiger partial charge in [-0.15, -0.1) is 5.34 Å². The van der Waals surface area contributed by atoms with Gasteiger partial charge in [0, 0.05) is 13.1 Å². The number of nitrogens with zero attached hydrogens (tertiary/aromatic N) is 1. The minimum atomic E-state index is 0. The standard InChI is InChI=1S/C4H9NO.HNO2.Na/c1-3-6-4-2-5-1;2-1-3;/h5H,1-4H2;(H,2,3);/q;;+1/p-1. The summed E-state index contributed by atoms with van der Waals surface area (Å²) in [5.41, 5.74) is 0. The molecule has 0 aromatic carbocycles. The molecule has 5 nitrogen and oxygen atoms in total. The maximum absolute atomic E-state index is 8.00. The van der Waals surface area contributed by atoms with Gasteiger partial charge < -0.3 is 20.2 Å². The quantitative estimate of drug-likeness (QED) is 0.228. The van der Waals surface area contributed by atoms with Gasteiger partial charge in [0.1, 0.15) is 0 Å². The fraction of sp³-hybridized carbons (Fsp3) is 1.00. The Morgan fingerprint density at radius 2 is 1.80 bits per heavy atom. The minimum Gasteiger partial charge on any atom is -0.444 e. The summed E-state index contributed by atoms with van der Waals surface area (Å²) in [6, 6.07) is 0. The molecule has 1 fully saturated rings. The second-order valence-corrected chi connectivity index (χ2v) is 1.44. The SMILES string of the molecule is C1COCCN1.O=N[O-].[Na+]. The molecular weight excluding hydrogens is 147 g/mol. The van der Waals surface area contributed by atoms with E-state index in [0.29, 0.717) is 0 Å². The zero-order valence-corrected chi connectivity index (χ0v) is 8.00. The van der Waals surface area contributed by atoms with Gasteiger partial charge in [-0.25, -0.2) is 0 Å². The van der Waals surface area contributed by atoms with Crippen molar-refractivity contribution in [2.24, 2.45) is 5.34 Å². The Morgan fingerprint density at radius 3 is 1.90 bits per heavy atom. The molecule has 0 unspecified atom stereocenters. The molecule has 0 spiro atoms. The summed E-state index contributed by atoms with van der Waals surface area (Å²) in [6.45, 7) is 3.83. The van der Waals surface area contributed by atoms with E-state index in [1.165, 1.54) is 0 Å². The van der Waals surface area contributed by atoms with Crippen LogP contribution < -0.4 is 34.9 Å². The first kappa shape index (κ1) is 12.9. The van der Waals surface area contributed by atoms with Crippen molar-refractivity contribution in [3.05, 3.63) is 10.1 Å². The van der Waals surface area contributed by atoms with Gasteiger partial charge in [0.25, 0.3) is 0 Å². The average molecular weight is 156 g/mol. The zero-order chi connectivity index (χ0) is 6.95. The molecule has 0 saturated carbocycles. The van der Waals surface area contributed by atoms with Gasteiger partial charge in [-0.2, -0.15) is 0 Å². The van der Waals surface area contributed by atoms with E-state index in [-0.39, 0.29) is 29.6 Å². The van der Waals surface area contributed by atoms with Crippen molar-refractivity contribution in [3.8, 4) is 0 Å². The monoisotopic (exact) mass is 156 g/mol. The Bertz CT molecular complexity index is 58.0. The van der Waals surface area contributed by atoms with Crippen molar-refractivity contribution >= 4 is 0 Å². The number of ether oxygens (including phenoxy) is 1. The molecular formula is C4H9N2NaO3. The second kappa shape index (κ2) is 12.0. The normalized spacial score (nSPS) is 15.6. The Morgan fingerprint density at radius 1 is 1.40 bits per heavy atom. The summed E-state index contributed by atoms with van der Waals surface area (Å²) in [4.78, 5) is 8.00. The van der Waals surface area contributed by atoms with Gasteiger partial charge in [0.15, 0.2) is 0 Å². The fourth-order valence-electron chi connectivity index (χ4n) is 0.516. The van der Waals surface area contributed by atoms with Crippen LogP contribution in [-0.4, -0.2) is 26.3 Å². The van der Waals surface area contributed by atoms with Crippen molar-refractivity contribution in [2.75, 3.05) is 26.3 Å². The van der Waals surface area contributed by atoms with Crippen LogP contribution in [0.25, 0.3) is 0 Å². The third-order valence-corrected chi connectivity index (χ3v) is 0.846. The van der Waals surface area contributed by atoms with E-state index < -0.39 is 0 Å². The van der Waals surface area contributed by atoms with E-state index in [4.69, 9.17) is 14.9 Å². The first-order valence-corrected chi connectivity index (χ1v) is 2.65. The van der Waals surface area contributed by atoms with E-state index in [2.05, 4.69) is 5.32 Å². The van der Waals surface area contributed by atoms with E-state index in [0.717, 1.165) is 31.6 Å². The van der Waals surface area contributed by atoms with Crippen LogP contribution in [0, 0.1) is 10.1 Å². The molecule has 0 bridgehead atoms. The number of nitrogens with one attached hydrogen (secondary N) is 1. The Hall–Kier alpha value is 0.320. The summed E-state index contributed by atoms with van der Waals surface area (Å²) in [5.74, 6) is 0. The van der Waals surface area contributed by atoms with Gasteiger partial charge in [-0.05, 0) is 0 Å². The van der Waals surface area contributed by atoms with Crippen LogP contribution in [0.15, 0.2) is 5.34 Å². The van der Waals surface area contributed by atoms with Crippen LogP contribution in [0.4, 0.5) is 0 Å². The van der Waals surface area contributed by atoms with Crippen molar-refractivity contribution in [3.63, 3.8) is 0 Å². The Labute approximate surface area is 81.4 Å². The molecule has 54 valence electrons. The zero-order valence-electron chi connectivity index (χ0n) is 6.00. The smallest absolute Gasteiger partial charge is 0.444 e. The van der Waals surface area contributed by atoms with Crippen LogP contribution >= 0.6 is 0 Å². The molecule has 0 radical (unpaired) electrons. The van der Waals surface area contributed by atoms with E-state index in [1.807, 2.05) is 0 Å². The second-order valence-electron chi connectivity index (χ2n) is 1.44. The number of morpholine rings is 1. The Kier molecular flexibility index (Phi) is 15.6. The summed E-state index contributed by atoms with van der Waals surface area (Å²) in [5, 5.41) is 12.2. The molecule has 0 aromatic rings. The maximum atomic E-state index is 8.00. The number of hydrogen-bond donors (Lipinski definition) is 1. The summed E-state index contributed by atoms with van der Waals surface area (Å²) < 4.78 is 5.01. The molecule has 6 heteroatoms. The van der Waals surface area contributed by atoms with Crippen molar-refractivity contribution in [1.82, 2.24) is 5.32 Å². The van der Waals surface area contributed by atoms with E-state index >= 15 is 0 Å². The van der Waals surface area contributed by atoms with Gasteiger partial charge in [0.05, 0.1) is 13.2 Å². The third-order valence-electron chi connectivity index (χ3n) is 0.846. The van der Waals surface area contributed by atoms with Gasteiger partial charge in [-0.1, -0.05) is 0 Å². The molecule has 0 atom stereocenters. The fourth-order valence-corrected chi connectivity index (χ4v) is 0.516. The predicted octanol–water partition coefficient (Wildman–Crippen LogP) is -3.14. The molecule has 1 heterocycles. The molecule has 1 aliphatic rings. The van der Waals surface area contributed by atoms with Crippen molar-refractivity contribution in [1.29, 1.82) is 0 Å². The molecule has 0 amide bonds. The summed E-state index contributed by atoms with van der Waals surface area (Å²) >= 11 is 0. The molecule has 0 aliphatic carbocycles. The molecule has 1 aliphatic heterocycles. The van der Waals surface area contributed by atoms with Crippen LogP contribution in [0.3, 0.4) is 0 Å². The van der Waals surface area contributed by atoms with Gasteiger partial charge >= 0.3 is 29.6 Å². The van der Waals surface area contributed by atoms with Gasteiger partial charge in [-0.3, -0.25) is 0 Å². The molecule has 1 saturated heterocycles. The molecule has 1 N–H and O–H groups in total. The minimum absolute atomic E-state index is 0. The molecule has 0 aromatic heterocycles. The van der Waals surface area contributed by atoms with E-state index in [1.54, 1.807) is 0 Å². The predicted molar refractivity (Wildman–Crippen MR) is 32.9 cm³/mol. The molecule has 1 rings (SSSR count). The Balaban J connectivity index is 0. The third kappa shape index (κ3) is 11.2. The molecule has 10 heavy (non-hydrogen) atoms. The van der Waals surface area contributed by atoms with Crippen molar-refractivity contribution < 1.29 is 34.3 Å². The van der Waals surface area contributed by atoms with Crippen LogP contribution in [0.2, 0.25) is 0 Å². The summed E-state index contributed by atoms with van der Waals surface area (Å²) in [6.07, 6.45) is 0. The van der Waals surface area contributed by atoms with Crippen LogP contribution in [0.1, 0.15) is 0 Å². The first-order valence-electron chi connectivity index (χ1n) is 2.65. The summed E-state index contributed by atoms with van der Waals surface area (Å²) in [7, 11) is 0. The first-order chi connectivity index (χ1) is 4.41. The maximum Gasteiger partial charge on any atom is 1.00 e. The topological polar surface area (TPSA) is 73.8 Å². The number of hydrogen-bond acceptors (Lipinski definition) is 5. The van der Waals surface area contributed by atoms with E-state index in [9.17, 15) is 0 Å². The average Bonchev–Trinajstić information content (AvgIpc) is 1.93. The largest absolute Gasteiger partial charge is 1.00 e. The van der Waals surface area contributed by atoms with Crippen LogP contribution in [0.5, 0.6) is 0 Å².